The summed E-state index contributed by atoms with van der Waals surface area (Å²) < 4.78 is 9.89. The zero-order valence-corrected chi connectivity index (χ0v) is 14.9. The van der Waals surface area contributed by atoms with Gasteiger partial charge in [0.05, 0.1) is 30.0 Å². The number of carbonyl (C=O) groups is 3. The highest BCUT2D eigenvalue weighted by molar-refractivity contribution is 8.04. The van der Waals surface area contributed by atoms with Gasteiger partial charge in [0.15, 0.2) is 0 Å². The van der Waals surface area contributed by atoms with E-state index in [1.807, 2.05) is 0 Å². The lowest BCUT2D eigenvalue weighted by molar-refractivity contribution is -0.137. The third kappa shape index (κ3) is 5.14. The van der Waals surface area contributed by atoms with Crippen molar-refractivity contribution < 1.29 is 29.0 Å². The minimum absolute atomic E-state index is 0.0196. The van der Waals surface area contributed by atoms with Crippen LogP contribution in [-0.2, 0) is 19.1 Å². The Hall–Kier alpha value is -2.19. The molecule has 9 heteroatoms. The van der Waals surface area contributed by atoms with Crippen LogP contribution in [0.4, 0.5) is 0 Å². The Kier molecular flexibility index (Phi) is 6.72. The SMILES string of the molecule is CCOC(=O)/C=C1\SCC(=O)N1CCOC(=O)c1ccc(Cl)cc1O. The first kappa shape index (κ1) is 19.1. The highest BCUT2D eigenvalue weighted by atomic mass is 35.5. The van der Waals surface area contributed by atoms with Crippen LogP contribution in [0.25, 0.3) is 0 Å². The zero-order valence-electron chi connectivity index (χ0n) is 13.4. The van der Waals surface area contributed by atoms with Gasteiger partial charge in [-0.05, 0) is 25.1 Å². The molecular formula is C16H16ClNO6S. The maximum atomic E-state index is 12.0. The first-order valence-corrected chi connectivity index (χ1v) is 8.76. The first-order chi connectivity index (χ1) is 11.9. The van der Waals surface area contributed by atoms with Crippen molar-refractivity contribution in [3.63, 3.8) is 0 Å². The number of phenols is 1. The molecule has 1 heterocycles. The van der Waals surface area contributed by atoms with Gasteiger partial charge >= 0.3 is 11.9 Å². The Morgan fingerprint density at radius 3 is 2.84 bits per heavy atom. The van der Waals surface area contributed by atoms with E-state index < -0.39 is 11.9 Å². The highest BCUT2D eigenvalue weighted by Gasteiger charge is 2.27. The minimum atomic E-state index is -0.732. The quantitative estimate of drug-likeness (QED) is 0.592. The van der Waals surface area contributed by atoms with Gasteiger partial charge in [-0.1, -0.05) is 23.4 Å². The fraction of sp³-hybridized carbons (Fsp3) is 0.312. The molecule has 0 bridgehead atoms. The van der Waals surface area contributed by atoms with E-state index in [0.29, 0.717) is 10.1 Å². The number of hydrogen-bond acceptors (Lipinski definition) is 7. The molecule has 1 amide bonds. The van der Waals surface area contributed by atoms with Gasteiger partial charge < -0.3 is 19.5 Å². The lowest BCUT2D eigenvalue weighted by atomic mass is 10.2. The molecule has 0 spiro atoms. The van der Waals surface area contributed by atoms with Gasteiger partial charge in [-0.25, -0.2) is 9.59 Å². The van der Waals surface area contributed by atoms with Crippen LogP contribution in [-0.4, -0.2) is 53.4 Å². The van der Waals surface area contributed by atoms with E-state index in [9.17, 15) is 19.5 Å². The molecule has 0 unspecified atom stereocenters. The number of nitrogens with zero attached hydrogens (tertiary/aromatic N) is 1. The molecule has 1 aliphatic heterocycles. The summed E-state index contributed by atoms with van der Waals surface area (Å²) in [5.74, 6) is -1.53. The molecule has 2 rings (SSSR count). The molecule has 1 saturated heterocycles. The summed E-state index contributed by atoms with van der Waals surface area (Å²) in [4.78, 5) is 36.7. The van der Waals surface area contributed by atoms with E-state index in [0.717, 1.165) is 0 Å². The normalized spacial score (nSPS) is 15.5. The summed E-state index contributed by atoms with van der Waals surface area (Å²) in [6.07, 6.45) is 1.24. The Balaban J connectivity index is 1.94. The molecule has 25 heavy (non-hydrogen) atoms. The van der Waals surface area contributed by atoms with E-state index in [1.165, 1.54) is 40.9 Å². The number of ether oxygens (including phenoxy) is 2. The van der Waals surface area contributed by atoms with Crippen LogP contribution < -0.4 is 0 Å². The molecule has 1 fully saturated rings. The number of thioether (sulfide) groups is 1. The molecular weight excluding hydrogens is 370 g/mol. The zero-order chi connectivity index (χ0) is 18.4. The molecule has 1 aliphatic rings. The molecule has 1 N–H and O–H groups in total. The molecule has 0 saturated carbocycles. The standard InChI is InChI=1S/C16H16ClNO6S/c1-2-23-15(21)8-14-18(13(20)9-25-14)5-6-24-16(22)11-4-3-10(17)7-12(11)19/h3-4,7-8,19H,2,5-6,9H2,1H3/b14-8-. The monoisotopic (exact) mass is 385 g/mol. The van der Waals surface area contributed by atoms with E-state index in [1.54, 1.807) is 6.92 Å². The third-order valence-corrected chi connectivity index (χ3v) is 4.43. The van der Waals surface area contributed by atoms with Gasteiger partial charge in [0, 0.05) is 5.02 Å². The molecule has 0 atom stereocenters. The fourth-order valence-corrected chi connectivity index (χ4v) is 3.16. The second kappa shape index (κ2) is 8.77. The maximum Gasteiger partial charge on any atom is 0.341 e. The summed E-state index contributed by atoms with van der Waals surface area (Å²) in [5.41, 5.74) is -0.0196. The van der Waals surface area contributed by atoms with Gasteiger partial charge in [0.25, 0.3) is 0 Å². The topological polar surface area (TPSA) is 93.1 Å². The molecule has 7 nitrogen and oxygen atoms in total. The molecule has 0 aliphatic carbocycles. The Morgan fingerprint density at radius 2 is 2.16 bits per heavy atom. The van der Waals surface area contributed by atoms with Gasteiger partial charge in [0.1, 0.15) is 17.9 Å². The van der Waals surface area contributed by atoms with Crippen molar-refractivity contribution in [2.45, 2.75) is 6.92 Å². The number of esters is 2. The van der Waals surface area contributed by atoms with Crippen molar-refractivity contribution in [1.82, 2.24) is 4.90 Å². The number of rotatable bonds is 6. The Bertz CT molecular complexity index is 721. The smallest absolute Gasteiger partial charge is 0.341 e. The first-order valence-electron chi connectivity index (χ1n) is 7.39. The summed E-state index contributed by atoms with van der Waals surface area (Å²) in [6.45, 7) is 1.93. The second-order valence-corrected chi connectivity index (χ2v) is 6.30. The van der Waals surface area contributed by atoms with E-state index in [4.69, 9.17) is 21.1 Å². The van der Waals surface area contributed by atoms with Crippen molar-refractivity contribution in [3.05, 3.63) is 39.9 Å². The van der Waals surface area contributed by atoms with Crippen molar-refractivity contribution in [1.29, 1.82) is 0 Å². The summed E-state index contributed by atoms with van der Waals surface area (Å²) >= 11 is 6.92. The number of phenolic OH excluding ortho intramolecular Hbond substituents is 1. The molecule has 0 aromatic heterocycles. The van der Waals surface area contributed by atoms with Crippen LogP contribution in [0.1, 0.15) is 17.3 Å². The van der Waals surface area contributed by atoms with Crippen LogP contribution in [0.3, 0.4) is 0 Å². The number of hydrogen-bond donors (Lipinski definition) is 1. The Morgan fingerprint density at radius 1 is 1.40 bits per heavy atom. The molecule has 0 radical (unpaired) electrons. The predicted octanol–water partition coefficient (Wildman–Crippen LogP) is 2.18. The minimum Gasteiger partial charge on any atom is -0.507 e. The van der Waals surface area contributed by atoms with E-state index >= 15 is 0 Å². The number of carbonyl (C=O) groups excluding carboxylic acids is 3. The van der Waals surface area contributed by atoms with Gasteiger partial charge in [-0.2, -0.15) is 0 Å². The largest absolute Gasteiger partial charge is 0.507 e. The molecule has 1 aromatic rings. The lowest BCUT2D eigenvalue weighted by Crippen LogP contribution is -2.29. The van der Waals surface area contributed by atoms with Crippen LogP contribution >= 0.6 is 23.4 Å². The van der Waals surface area contributed by atoms with Crippen molar-refractivity contribution in [3.8, 4) is 5.75 Å². The van der Waals surface area contributed by atoms with Gasteiger partial charge in [0.2, 0.25) is 5.91 Å². The van der Waals surface area contributed by atoms with Gasteiger partial charge in [-0.3, -0.25) is 4.79 Å². The molecule has 134 valence electrons. The van der Waals surface area contributed by atoms with Crippen LogP contribution in [0.5, 0.6) is 5.75 Å². The number of amides is 1. The van der Waals surface area contributed by atoms with Crippen LogP contribution in [0.15, 0.2) is 29.3 Å². The Labute approximate surface area is 153 Å². The van der Waals surface area contributed by atoms with Crippen LogP contribution in [0, 0.1) is 0 Å². The predicted molar refractivity (Wildman–Crippen MR) is 92.3 cm³/mol. The average Bonchev–Trinajstić information content (AvgIpc) is 2.88. The van der Waals surface area contributed by atoms with Crippen molar-refractivity contribution in [2.75, 3.05) is 25.5 Å². The third-order valence-electron chi connectivity index (χ3n) is 3.17. The summed E-state index contributed by atoms with van der Waals surface area (Å²) in [6, 6.07) is 4.04. The van der Waals surface area contributed by atoms with Crippen molar-refractivity contribution >= 4 is 41.2 Å². The highest BCUT2D eigenvalue weighted by Crippen LogP contribution is 2.28. The van der Waals surface area contributed by atoms with E-state index in [2.05, 4.69) is 0 Å². The van der Waals surface area contributed by atoms with E-state index in [-0.39, 0.29) is 42.7 Å². The average molecular weight is 386 g/mol. The van der Waals surface area contributed by atoms with Gasteiger partial charge in [-0.15, -0.1) is 0 Å². The maximum absolute atomic E-state index is 12.0. The fourth-order valence-electron chi connectivity index (χ4n) is 2.04. The number of halogens is 1. The second-order valence-electron chi connectivity index (χ2n) is 4.87. The van der Waals surface area contributed by atoms with Crippen LogP contribution in [0.2, 0.25) is 5.02 Å². The molecule has 1 aromatic carbocycles. The number of aromatic hydroxyl groups is 1. The lowest BCUT2D eigenvalue weighted by Gasteiger charge is -2.17. The van der Waals surface area contributed by atoms with Crippen molar-refractivity contribution in [2.24, 2.45) is 0 Å². The number of benzene rings is 1. The summed E-state index contributed by atoms with van der Waals surface area (Å²) in [7, 11) is 0. The summed E-state index contributed by atoms with van der Waals surface area (Å²) in [5, 5.41) is 10.4.